The maximum absolute atomic E-state index is 4.37. The Morgan fingerprint density at radius 3 is 2.83 bits per heavy atom. The first-order valence-corrected chi connectivity index (χ1v) is 6.55. The normalized spacial score (nSPS) is 10.7. The second-order valence-electron chi connectivity index (χ2n) is 4.35. The van der Waals surface area contributed by atoms with Crippen molar-refractivity contribution in [3.63, 3.8) is 0 Å². The molecule has 0 unspecified atom stereocenters. The zero-order valence-electron chi connectivity index (χ0n) is 10.8. The summed E-state index contributed by atoms with van der Waals surface area (Å²) in [6.45, 7) is 4.37. The molecule has 4 heteroatoms. The van der Waals surface area contributed by atoms with Crippen molar-refractivity contribution in [1.82, 2.24) is 20.1 Å². The number of aryl methyl sites for hydroxylation is 1. The highest BCUT2D eigenvalue weighted by molar-refractivity contribution is 5.28. The molecular weight excluding hydrogens is 224 g/mol. The van der Waals surface area contributed by atoms with Gasteiger partial charge < -0.3 is 5.32 Å². The minimum absolute atomic E-state index is 1.06. The number of rotatable bonds is 7. The van der Waals surface area contributed by atoms with E-state index in [9.17, 15) is 0 Å². The molecule has 2 rings (SSSR count). The molecule has 0 atom stereocenters. The molecule has 0 radical (unpaired) electrons. The molecule has 0 aliphatic rings. The molecule has 96 valence electrons. The van der Waals surface area contributed by atoms with Crippen LogP contribution in [0.15, 0.2) is 36.9 Å². The summed E-state index contributed by atoms with van der Waals surface area (Å²) in [5.74, 6) is 0. The van der Waals surface area contributed by atoms with Crippen LogP contribution in [0.1, 0.15) is 25.3 Å². The molecule has 2 aromatic rings. The topological polar surface area (TPSA) is 42.7 Å². The Hall–Kier alpha value is -1.68. The molecule has 2 aromatic heterocycles. The maximum Gasteiger partial charge on any atom is 0.0676 e. The summed E-state index contributed by atoms with van der Waals surface area (Å²) in [7, 11) is 0. The summed E-state index contributed by atoms with van der Waals surface area (Å²) >= 11 is 0. The Kier molecular flexibility index (Phi) is 4.90. The van der Waals surface area contributed by atoms with Gasteiger partial charge in [0.25, 0.3) is 0 Å². The Bertz CT molecular complexity index is 450. The molecule has 0 aromatic carbocycles. The van der Waals surface area contributed by atoms with Crippen LogP contribution in [0.2, 0.25) is 0 Å². The lowest BCUT2D eigenvalue weighted by Gasteiger charge is -2.01. The number of nitrogens with zero attached hydrogens (tertiary/aromatic N) is 3. The van der Waals surface area contributed by atoms with Crippen molar-refractivity contribution in [3.05, 3.63) is 42.5 Å². The molecule has 0 saturated carbocycles. The zero-order valence-corrected chi connectivity index (χ0v) is 10.8. The van der Waals surface area contributed by atoms with Gasteiger partial charge in [0.2, 0.25) is 0 Å². The van der Waals surface area contributed by atoms with Crippen LogP contribution < -0.4 is 5.32 Å². The van der Waals surface area contributed by atoms with Crippen LogP contribution >= 0.6 is 0 Å². The standard InChI is InChI=1S/C14H20N4/c1-2-7-15-8-3-4-13-11-17-18(12-13)14-5-9-16-10-6-14/h5-6,9-12,15H,2-4,7-8H2,1H3. The van der Waals surface area contributed by atoms with E-state index >= 15 is 0 Å². The van der Waals surface area contributed by atoms with Gasteiger partial charge in [-0.1, -0.05) is 6.92 Å². The number of aromatic nitrogens is 3. The fourth-order valence-corrected chi connectivity index (χ4v) is 1.85. The van der Waals surface area contributed by atoms with Gasteiger partial charge in [0.1, 0.15) is 0 Å². The van der Waals surface area contributed by atoms with Crippen LogP contribution in [0.25, 0.3) is 5.69 Å². The lowest BCUT2D eigenvalue weighted by atomic mass is 10.2. The third-order valence-electron chi connectivity index (χ3n) is 2.81. The largest absolute Gasteiger partial charge is 0.317 e. The van der Waals surface area contributed by atoms with Crippen LogP contribution in [0, 0.1) is 0 Å². The minimum Gasteiger partial charge on any atom is -0.317 e. The highest BCUT2D eigenvalue weighted by atomic mass is 15.3. The Balaban J connectivity index is 1.83. The molecule has 2 heterocycles. The van der Waals surface area contributed by atoms with Crippen LogP contribution in [0.4, 0.5) is 0 Å². The average Bonchev–Trinajstić information content (AvgIpc) is 2.88. The van der Waals surface area contributed by atoms with Crippen molar-refractivity contribution in [2.45, 2.75) is 26.2 Å². The second-order valence-corrected chi connectivity index (χ2v) is 4.35. The van der Waals surface area contributed by atoms with E-state index in [1.54, 1.807) is 12.4 Å². The van der Waals surface area contributed by atoms with Crippen molar-refractivity contribution in [3.8, 4) is 5.69 Å². The van der Waals surface area contributed by atoms with E-state index in [-0.39, 0.29) is 0 Å². The van der Waals surface area contributed by atoms with E-state index in [4.69, 9.17) is 0 Å². The summed E-state index contributed by atoms with van der Waals surface area (Å²) in [6, 6.07) is 3.92. The third kappa shape index (κ3) is 3.67. The Morgan fingerprint density at radius 2 is 2.06 bits per heavy atom. The van der Waals surface area contributed by atoms with Gasteiger partial charge in [0.15, 0.2) is 0 Å². The van der Waals surface area contributed by atoms with Crippen LogP contribution in [-0.4, -0.2) is 27.9 Å². The van der Waals surface area contributed by atoms with E-state index in [0.717, 1.165) is 31.6 Å². The monoisotopic (exact) mass is 244 g/mol. The highest BCUT2D eigenvalue weighted by Gasteiger charge is 2.00. The van der Waals surface area contributed by atoms with Gasteiger partial charge in [0, 0.05) is 18.6 Å². The number of nitrogens with one attached hydrogen (secondary N) is 1. The van der Waals surface area contributed by atoms with Crippen molar-refractivity contribution < 1.29 is 0 Å². The van der Waals surface area contributed by atoms with E-state index in [1.807, 2.05) is 23.0 Å². The lowest BCUT2D eigenvalue weighted by molar-refractivity contribution is 0.640. The molecular formula is C14H20N4. The van der Waals surface area contributed by atoms with Gasteiger partial charge in [-0.15, -0.1) is 0 Å². The number of hydrogen-bond donors (Lipinski definition) is 1. The molecule has 0 aliphatic heterocycles. The van der Waals surface area contributed by atoms with E-state index in [1.165, 1.54) is 12.0 Å². The van der Waals surface area contributed by atoms with Crippen molar-refractivity contribution >= 4 is 0 Å². The summed E-state index contributed by atoms with van der Waals surface area (Å²) in [6.07, 6.45) is 11.0. The molecule has 4 nitrogen and oxygen atoms in total. The van der Waals surface area contributed by atoms with Gasteiger partial charge in [-0.25, -0.2) is 4.68 Å². The predicted molar refractivity (Wildman–Crippen MR) is 72.8 cm³/mol. The molecule has 0 fully saturated rings. The van der Waals surface area contributed by atoms with Crippen molar-refractivity contribution in [2.75, 3.05) is 13.1 Å². The van der Waals surface area contributed by atoms with E-state index in [0.29, 0.717) is 0 Å². The Labute approximate surface area is 108 Å². The van der Waals surface area contributed by atoms with Gasteiger partial charge >= 0.3 is 0 Å². The van der Waals surface area contributed by atoms with E-state index in [2.05, 4.69) is 28.5 Å². The number of hydrogen-bond acceptors (Lipinski definition) is 3. The smallest absolute Gasteiger partial charge is 0.0676 e. The highest BCUT2D eigenvalue weighted by Crippen LogP contribution is 2.07. The summed E-state index contributed by atoms with van der Waals surface area (Å²) in [5.41, 5.74) is 2.34. The molecule has 1 N–H and O–H groups in total. The fraction of sp³-hybridized carbons (Fsp3) is 0.429. The van der Waals surface area contributed by atoms with Crippen molar-refractivity contribution in [2.24, 2.45) is 0 Å². The van der Waals surface area contributed by atoms with Gasteiger partial charge in [-0.05, 0) is 50.0 Å². The molecule has 0 amide bonds. The first-order chi connectivity index (χ1) is 8.90. The number of pyridine rings is 1. The molecule has 0 bridgehead atoms. The second kappa shape index (κ2) is 6.91. The summed E-state index contributed by atoms with van der Waals surface area (Å²) in [4.78, 5) is 4.01. The zero-order chi connectivity index (χ0) is 12.6. The first-order valence-electron chi connectivity index (χ1n) is 6.55. The fourth-order valence-electron chi connectivity index (χ4n) is 1.85. The van der Waals surface area contributed by atoms with Crippen molar-refractivity contribution in [1.29, 1.82) is 0 Å². The average molecular weight is 244 g/mol. The minimum atomic E-state index is 1.06. The maximum atomic E-state index is 4.37. The van der Waals surface area contributed by atoms with E-state index < -0.39 is 0 Å². The van der Waals surface area contributed by atoms with Gasteiger partial charge in [-0.3, -0.25) is 4.98 Å². The van der Waals surface area contributed by atoms with Crippen LogP contribution in [-0.2, 0) is 6.42 Å². The molecule has 0 aliphatic carbocycles. The SMILES string of the molecule is CCCNCCCc1cnn(-c2ccncc2)c1. The lowest BCUT2D eigenvalue weighted by Crippen LogP contribution is -2.16. The molecule has 0 saturated heterocycles. The molecule has 18 heavy (non-hydrogen) atoms. The Morgan fingerprint density at radius 1 is 1.22 bits per heavy atom. The summed E-state index contributed by atoms with van der Waals surface area (Å²) < 4.78 is 1.90. The predicted octanol–water partition coefficient (Wildman–Crippen LogP) is 2.20. The summed E-state index contributed by atoms with van der Waals surface area (Å²) in [5, 5.41) is 7.78. The van der Waals surface area contributed by atoms with Gasteiger partial charge in [0.05, 0.1) is 11.9 Å². The van der Waals surface area contributed by atoms with Crippen LogP contribution in [0.3, 0.4) is 0 Å². The quantitative estimate of drug-likeness (QED) is 0.759. The third-order valence-corrected chi connectivity index (χ3v) is 2.81. The molecule has 0 spiro atoms. The first kappa shape index (κ1) is 12.8. The van der Waals surface area contributed by atoms with Crippen LogP contribution in [0.5, 0.6) is 0 Å². The van der Waals surface area contributed by atoms with Gasteiger partial charge in [-0.2, -0.15) is 5.10 Å².